The molecular formula is C12H22F3NO2S. The van der Waals surface area contributed by atoms with Gasteiger partial charge in [-0.15, -0.1) is 0 Å². The highest BCUT2D eigenvalue weighted by molar-refractivity contribution is 7.99. The standard InChI is InChI=1S/C12H22F3NO2S/c1-2-3-7-18-11(17)10(16)5-9-19-8-4-6-12(13,14)15/h10H,2-9,16H2,1H3. The van der Waals surface area contributed by atoms with E-state index in [1.807, 2.05) is 6.92 Å². The van der Waals surface area contributed by atoms with Crippen LogP contribution in [0.2, 0.25) is 0 Å². The number of hydrogen-bond donors (Lipinski definition) is 1. The van der Waals surface area contributed by atoms with Gasteiger partial charge in [0.15, 0.2) is 0 Å². The second-order valence-electron chi connectivity index (χ2n) is 4.25. The molecule has 114 valence electrons. The van der Waals surface area contributed by atoms with Gasteiger partial charge in [-0.1, -0.05) is 13.3 Å². The molecule has 0 amide bonds. The lowest BCUT2D eigenvalue weighted by Crippen LogP contribution is -2.33. The molecule has 2 N–H and O–H groups in total. The highest BCUT2D eigenvalue weighted by Crippen LogP contribution is 2.22. The third kappa shape index (κ3) is 12.4. The van der Waals surface area contributed by atoms with Crippen molar-refractivity contribution in [2.45, 2.75) is 51.2 Å². The normalized spacial score (nSPS) is 13.3. The molecule has 0 spiro atoms. The molecule has 0 rings (SSSR count). The average Bonchev–Trinajstić information content (AvgIpc) is 2.32. The lowest BCUT2D eigenvalue weighted by Gasteiger charge is -2.11. The monoisotopic (exact) mass is 301 g/mol. The zero-order valence-electron chi connectivity index (χ0n) is 11.2. The van der Waals surface area contributed by atoms with Gasteiger partial charge in [0.05, 0.1) is 6.61 Å². The van der Waals surface area contributed by atoms with Crippen LogP contribution >= 0.6 is 11.8 Å². The smallest absolute Gasteiger partial charge is 0.389 e. The highest BCUT2D eigenvalue weighted by atomic mass is 32.2. The van der Waals surface area contributed by atoms with Gasteiger partial charge in [0.25, 0.3) is 0 Å². The van der Waals surface area contributed by atoms with Crippen LogP contribution in [0, 0.1) is 0 Å². The Kier molecular flexibility index (Phi) is 10.1. The molecule has 0 aliphatic heterocycles. The molecule has 0 heterocycles. The van der Waals surface area contributed by atoms with Crippen LogP contribution in [0.5, 0.6) is 0 Å². The Hall–Kier alpha value is -0.430. The summed E-state index contributed by atoms with van der Waals surface area (Å²) in [7, 11) is 0. The van der Waals surface area contributed by atoms with Gasteiger partial charge >= 0.3 is 12.1 Å². The molecule has 1 unspecified atom stereocenters. The van der Waals surface area contributed by atoms with Gasteiger partial charge in [-0.05, 0) is 30.8 Å². The molecule has 0 aliphatic carbocycles. The molecule has 0 aromatic carbocycles. The van der Waals surface area contributed by atoms with Crippen molar-refractivity contribution in [3.63, 3.8) is 0 Å². The van der Waals surface area contributed by atoms with Crippen molar-refractivity contribution >= 4 is 17.7 Å². The van der Waals surface area contributed by atoms with Crippen molar-refractivity contribution in [2.75, 3.05) is 18.1 Å². The van der Waals surface area contributed by atoms with Crippen LogP contribution in [0.3, 0.4) is 0 Å². The zero-order chi connectivity index (χ0) is 14.7. The Morgan fingerprint density at radius 3 is 2.58 bits per heavy atom. The van der Waals surface area contributed by atoms with E-state index in [2.05, 4.69) is 0 Å². The van der Waals surface area contributed by atoms with E-state index in [-0.39, 0.29) is 6.42 Å². The zero-order valence-corrected chi connectivity index (χ0v) is 12.0. The summed E-state index contributed by atoms with van der Waals surface area (Å²) in [5, 5.41) is 0. The lowest BCUT2D eigenvalue weighted by molar-refractivity contribution is -0.145. The maximum absolute atomic E-state index is 11.9. The van der Waals surface area contributed by atoms with E-state index < -0.39 is 24.6 Å². The summed E-state index contributed by atoms with van der Waals surface area (Å²) in [6.07, 6.45) is -2.56. The van der Waals surface area contributed by atoms with Gasteiger partial charge in [-0.25, -0.2) is 0 Å². The minimum absolute atomic E-state index is 0.102. The number of thioether (sulfide) groups is 1. The Balaban J connectivity index is 3.47. The van der Waals surface area contributed by atoms with Crippen molar-refractivity contribution in [3.8, 4) is 0 Å². The number of unbranched alkanes of at least 4 members (excludes halogenated alkanes) is 1. The van der Waals surface area contributed by atoms with Crippen molar-refractivity contribution in [1.29, 1.82) is 0 Å². The van der Waals surface area contributed by atoms with Crippen LogP contribution in [-0.2, 0) is 9.53 Å². The summed E-state index contributed by atoms with van der Waals surface area (Å²) < 4.78 is 40.5. The molecule has 7 heteroatoms. The van der Waals surface area contributed by atoms with Crippen molar-refractivity contribution in [2.24, 2.45) is 5.73 Å². The minimum atomic E-state index is -4.08. The molecule has 19 heavy (non-hydrogen) atoms. The Labute approximate surface area is 116 Å². The number of rotatable bonds is 10. The maximum atomic E-state index is 11.9. The summed E-state index contributed by atoms with van der Waals surface area (Å²) in [4.78, 5) is 11.4. The summed E-state index contributed by atoms with van der Waals surface area (Å²) in [5.74, 6) is 0.572. The Morgan fingerprint density at radius 1 is 1.32 bits per heavy atom. The molecule has 0 saturated heterocycles. The largest absolute Gasteiger partial charge is 0.465 e. The van der Waals surface area contributed by atoms with E-state index in [1.165, 1.54) is 11.8 Å². The third-order valence-electron chi connectivity index (χ3n) is 2.37. The van der Waals surface area contributed by atoms with E-state index in [0.717, 1.165) is 12.8 Å². The van der Waals surface area contributed by atoms with Crippen molar-refractivity contribution in [1.82, 2.24) is 0 Å². The molecule has 0 aromatic rings. The SMILES string of the molecule is CCCCOC(=O)C(N)CCSCCCC(F)(F)F. The van der Waals surface area contributed by atoms with Crippen LogP contribution in [-0.4, -0.2) is 36.3 Å². The molecule has 0 fully saturated rings. The van der Waals surface area contributed by atoms with Gasteiger partial charge in [-0.2, -0.15) is 24.9 Å². The summed E-state index contributed by atoms with van der Waals surface area (Å²) in [5.41, 5.74) is 5.62. The molecule has 0 bridgehead atoms. The van der Waals surface area contributed by atoms with E-state index >= 15 is 0 Å². The molecule has 0 radical (unpaired) electrons. The predicted octanol–water partition coefficient (Wildman–Crippen LogP) is 3.12. The second-order valence-corrected chi connectivity index (χ2v) is 5.47. The van der Waals surface area contributed by atoms with Crippen LogP contribution < -0.4 is 5.73 Å². The van der Waals surface area contributed by atoms with Crippen molar-refractivity contribution < 1.29 is 22.7 Å². The number of hydrogen-bond acceptors (Lipinski definition) is 4. The molecule has 0 aromatic heterocycles. The molecular weight excluding hydrogens is 279 g/mol. The topological polar surface area (TPSA) is 52.3 Å². The fourth-order valence-corrected chi connectivity index (χ4v) is 2.20. The Bertz CT molecular complexity index is 250. The molecule has 0 aliphatic rings. The number of alkyl halides is 3. The van der Waals surface area contributed by atoms with Crippen molar-refractivity contribution in [3.05, 3.63) is 0 Å². The minimum Gasteiger partial charge on any atom is -0.465 e. The first-order valence-electron chi connectivity index (χ1n) is 6.43. The predicted molar refractivity (Wildman–Crippen MR) is 71.1 cm³/mol. The molecule has 3 nitrogen and oxygen atoms in total. The summed E-state index contributed by atoms with van der Waals surface area (Å²) >= 11 is 1.38. The number of ether oxygens (including phenoxy) is 1. The second kappa shape index (κ2) is 10.4. The first-order chi connectivity index (χ1) is 8.87. The molecule has 1 atom stereocenters. The average molecular weight is 301 g/mol. The van der Waals surface area contributed by atoms with Crippen LogP contribution in [0.1, 0.15) is 39.0 Å². The Morgan fingerprint density at radius 2 is 2.00 bits per heavy atom. The number of esters is 1. The quantitative estimate of drug-likeness (QED) is 0.497. The molecule has 0 saturated carbocycles. The maximum Gasteiger partial charge on any atom is 0.389 e. The fraction of sp³-hybridized carbons (Fsp3) is 0.917. The van der Waals surface area contributed by atoms with Crippen LogP contribution in [0.25, 0.3) is 0 Å². The van der Waals surface area contributed by atoms with Gasteiger partial charge in [0.1, 0.15) is 6.04 Å². The fourth-order valence-electron chi connectivity index (χ4n) is 1.23. The van der Waals surface area contributed by atoms with Gasteiger partial charge in [0, 0.05) is 6.42 Å². The van der Waals surface area contributed by atoms with Crippen LogP contribution in [0.4, 0.5) is 13.2 Å². The third-order valence-corrected chi connectivity index (χ3v) is 3.47. The van der Waals surface area contributed by atoms with E-state index in [4.69, 9.17) is 10.5 Å². The van der Waals surface area contributed by atoms with Gasteiger partial charge < -0.3 is 10.5 Å². The van der Waals surface area contributed by atoms with Crippen LogP contribution in [0.15, 0.2) is 0 Å². The first-order valence-corrected chi connectivity index (χ1v) is 7.59. The number of carbonyl (C=O) groups excluding carboxylic acids is 1. The van der Waals surface area contributed by atoms with E-state index in [1.54, 1.807) is 0 Å². The number of halogens is 3. The van der Waals surface area contributed by atoms with E-state index in [0.29, 0.717) is 24.5 Å². The van der Waals surface area contributed by atoms with E-state index in [9.17, 15) is 18.0 Å². The number of nitrogens with two attached hydrogens (primary N) is 1. The lowest BCUT2D eigenvalue weighted by atomic mass is 10.2. The summed E-state index contributed by atoms with van der Waals surface area (Å²) in [6, 6.07) is -0.674. The van der Waals surface area contributed by atoms with Gasteiger partial charge in [0.2, 0.25) is 0 Å². The summed E-state index contributed by atoms with van der Waals surface area (Å²) in [6.45, 7) is 2.37. The number of carbonyl (C=O) groups is 1. The first kappa shape index (κ1) is 18.6. The highest BCUT2D eigenvalue weighted by Gasteiger charge is 2.25. The van der Waals surface area contributed by atoms with Gasteiger partial charge in [-0.3, -0.25) is 4.79 Å².